The molecule has 10 heteroatoms. The minimum atomic E-state index is -0.938. The topological polar surface area (TPSA) is 137 Å². The van der Waals surface area contributed by atoms with E-state index in [4.69, 9.17) is 9.15 Å². The van der Waals surface area contributed by atoms with Gasteiger partial charge in [-0.25, -0.2) is 4.79 Å². The van der Waals surface area contributed by atoms with Gasteiger partial charge in [0, 0.05) is 23.1 Å². The van der Waals surface area contributed by atoms with E-state index in [-0.39, 0.29) is 17.7 Å². The first-order chi connectivity index (χ1) is 15.3. The molecule has 3 aromatic rings. The lowest BCUT2D eigenvalue weighted by Crippen LogP contribution is -2.35. The average Bonchev–Trinajstić information content (AvgIpc) is 3.01. The smallest absolute Gasteiger partial charge is 0.336 e. The van der Waals surface area contributed by atoms with Crippen LogP contribution in [0.5, 0.6) is 0 Å². The lowest BCUT2D eigenvalue weighted by Gasteiger charge is -2.13. The Labute approximate surface area is 180 Å². The number of nitro groups is 1. The fourth-order valence-electron chi connectivity index (χ4n) is 3.56. The summed E-state index contributed by atoms with van der Waals surface area (Å²) in [7, 11) is 0. The summed E-state index contributed by atoms with van der Waals surface area (Å²) in [6.45, 7) is 0.956. The molecule has 2 aromatic carbocycles. The minimum absolute atomic E-state index is 0.143. The number of benzene rings is 2. The molecule has 2 heterocycles. The fourth-order valence-corrected chi connectivity index (χ4v) is 3.56. The van der Waals surface area contributed by atoms with Crippen molar-refractivity contribution >= 4 is 34.4 Å². The van der Waals surface area contributed by atoms with Crippen molar-refractivity contribution in [2.45, 2.75) is 20.0 Å². The molecule has 1 aliphatic rings. The SMILES string of the molecule is CCc1ccc2c(COC(=O)CN3C(=O)c4cccc([N+](=O)[O-])c4C3=O)cc(=O)oc2c1. The Bertz CT molecular complexity index is 1360. The molecule has 10 nitrogen and oxygen atoms in total. The molecule has 0 saturated carbocycles. The second-order valence-corrected chi connectivity index (χ2v) is 7.09. The van der Waals surface area contributed by atoms with Gasteiger partial charge in [-0.1, -0.05) is 25.1 Å². The highest BCUT2D eigenvalue weighted by atomic mass is 16.6. The Kier molecular flexibility index (Phi) is 5.27. The van der Waals surface area contributed by atoms with E-state index in [2.05, 4.69) is 0 Å². The number of carbonyl (C=O) groups is 3. The Morgan fingerprint density at radius 2 is 1.91 bits per heavy atom. The first kappa shape index (κ1) is 20.9. The lowest BCUT2D eigenvalue weighted by molar-refractivity contribution is -0.385. The summed E-state index contributed by atoms with van der Waals surface area (Å²) in [5.74, 6) is -2.66. The Morgan fingerprint density at radius 3 is 2.62 bits per heavy atom. The monoisotopic (exact) mass is 436 g/mol. The number of nitro benzene ring substituents is 1. The van der Waals surface area contributed by atoms with Gasteiger partial charge in [-0.3, -0.25) is 29.4 Å². The van der Waals surface area contributed by atoms with Gasteiger partial charge in [0.15, 0.2) is 0 Å². The fraction of sp³-hybridized carbons (Fsp3) is 0.182. The Balaban J connectivity index is 1.51. The zero-order chi connectivity index (χ0) is 23.0. The van der Waals surface area contributed by atoms with Crippen LogP contribution in [-0.4, -0.2) is 34.2 Å². The number of ether oxygens (including phenoxy) is 1. The molecule has 0 radical (unpaired) electrons. The quantitative estimate of drug-likeness (QED) is 0.189. The van der Waals surface area contributed by atoms with Crippen LogP contribution in [0.4, 0.5) is 5.69 Å². The molecule has 0 N–H and O–H groups in total. The number of aryl methyl sites for hydroxylation is 1. The van der Waals surface area contributed by atoms with Crippen molar-refractivity contribution in [3.05, 3.63) is 85.3 Å². The van der Waals surface area contributed by atoms with Gasteiger partial charge in [0.05, 0.1) is 10.5 Å². The second-order valence-electron chi connectivity index (χ2n) is 7.09. The number of nitrogens with zero attached hydrogens (tertiary/aromatic N) is 2. The molecule has 0 unspecified atom stereocenters. The second kappa shape index (κ2) is 8.06. The zero-order valence-corrected chi connectivity index (χ0v) is 16.8. The molecule has 32 heavy (non-hydrogen) atoms. The molecule has 162 valence electrons. The van der Waals surface area contributed by atoms with Crippen LogP contribution < -0.4 is 5.63 Å². The van der Waals surface area contributed by atoms with Crippen molar-refractivity contribution in [3.8, 4) is 0 Å². The van der Waals surface area contributed by atoms with E-state index in [0.29, 0.717) is 21.4 Å². The maximum Gasteiger partial charge on any atom is 0.336 e. The van der Waals surface area contributed by atoms with E-state index in [9.17, 15) is 29.3 Å². The molecule has 0 bridgehead atoms. The molecule has 2 amide bonds. The molecule has 1 aromatic heterocycles. The third kappa shape index (κ3) is 3.62. The summed E-state index contributed by atoms with van der Waals surface area (Å²) in [6, 6.07) is 10.2. The number of rotatable bonds is 6. The van der Waals surface area contributed by atoms with Crippen molar-refractivity contribution in [3.63, 3.8) is 0 Å². The van der Waals surface area contributed by atoms with E-state index in [1.807, 2.05) is 13.0 Å². The van der Waals surface area contributed by atoms with Gasteiger partial charge in [0.25, 0.3) is 17.5 Å². The van der Waals surface area contributed by atoms with Crippen molar-refractivity contribution in [1.29, 1.82) is 0 Å². The summed E-state index contributed by atoms with van der Waals surface area (Å²) in [4.78, 5) is 60.3. The van der Waals surface area contributed by atoms with Crippen LogP contribution in [0.15, 0.2) is 51.7 Å². The minimum Gasteiger partial charge on any atom is -0.459 e. The largest absolute Gasteiger partial charge is 0.459 e. The lowest BCUT2D eigenvalue weighted by atomic mass is 10.1. The van der Waals surface area contributed by atoms with E-state index in [1.54, 1.807) is 12.1 Å². The van der Waals surface area contributed by atoms with Gasteiger partial charge in [-0.15, -0.1) is 0 Å². The number of fused-ring (bicyclic) bond motifs is 2. The van der Waals surface area contributed by atoms with Gasteiger partial charge in [0.2, 0.25) is 0 Å². The molecule has 0 aliphatic carbocycles. The van der Waals surface area contributed by atoms with E-state index >= 15 is 0 Å². The Hall–Kier alpha value is -4.34. The molecule has 0 atom stereocenters. The number of hydrogen-bond acceptors (Lipinski definition) is 8. The number of imide groups is 1. The van der Waals surface area contributed by atoms with Crippen molar-refractivity contribution in [2.24, 2.45) is 0 Å². The Morgan fingerprint density at radius 1 is 1.12 bits per heavy atom. The van der Waals surface area contributed by atoms with Gasteiger partial charge in [-0.2, -0.15) is 0 Å². The maximum absolute atomic E-state index is 12.6. The van der Waals surface area contributed by atoms with Crippen LogP contribution in [0.2, 0.25) is 0 Å². The van der Waals surface area contributed by atoms with Crippen molar-refractivity contribution < 1.29 is 28.5 Å². The van der Waals surface area contributed by atoms with E-state index < -0.39 is 40.6 Å². The third-order valence-electron chi connectivity index (χ3n) is 5.15. The summed E-state index contributed by atoms with van der Waals surface area (Å²) < 4.78 is 10.4. The van der Waals surface area contributed by atoms with Crippen LogP contribution in [-0.2, 0) is 22.6 Å². The molecular weight excluding hydrogens is 420 g/mol. The van der Waals surface area contributed by atoms with Crippen molar-refractivity contribution in [1.82, 2.24) is 4.90 Å². The molecule has 0 fully saturated rings. The number of carbonyl (C=O) groups excluding carboxylic acids is 3. The predicted molar refractivity (Wildman–Crippen MR) is 110 cm³/mol. The predicted octanol–water partition coefficient (Wildman–Crippen LogP) is 2.60. The van der Waals surface area contributed by atoms with Crippen LogP contribution in [0.1, 0.15) is 38.8 Å². The zero-order valence-electron chi connectivity index (χ0n) is 16.8. The van der Waals surface area contributed by atoms with Crippen molar-refractivity contribution in [2.75, 3.05) is 6.54 Å². The van der Waals surface area contributed by atoms with Gasteiger partial charge in [0.1, 0.15) is 24.3 Å². The summed E-state index contributed by atoms with van der Waals surface area (Å²) in [5, 5.41) is 11.8. The standard InChI is InChI=1S/C22H16N2O8/c1-2-12-6-7-14-13(9-18(25)32-17(14)8-12)11-31-19(26)10-23-21(27)15-4-3-5-16(24(29)30)20(15)22(23)28/h3-9H,2,10-11H2,1H3. The van der Waals surface area contributed by atoms with Crippen LogP contribution in [0.3, 0.4) is 0 Å². The highest BCUT2D eigenvalue weighted by molar-refractivity contribution is 6.24. The van der Waals surface area contributed by atoms with Crippen LogP contribution >= 0.6 is 0 Å². The molecule has 1 aliphatic heterocycles. The summed E-state index contributed by atoms with van der Waals surface area (Å²) >= 11 is 0. The van der Waals surface area contributed by atoms with Gasteiger partial charge >= 0.3 is 11.6 Å². The third-order valence-corrected chi connectivity index (χ3v) is 5.15. The van der Waals surface area contributed by atoms with E-state index in [0.717, 1.165) is 18.1 Å². The highest BCUT2D eigenvalue weighted by Gasteiger charge is 2.41. The molecular formula is C22H16N2O8. The van der Waals surface area contributed by atoms with Gasteiger partial charge < -0.3 is 9.15 Å². The van der Waals surface area contributed by atoms with Crippen LogP contribution in [0.25, 0.3) is 11.0 Å². The molecule has 0 spiro atoms. The average molecular weight is 436 g/mol. The molecule has 0 saturated heterocycles. The number of hydrogen-bond donors (Lipinski definition) is 0. The van der Waals surface area contributed by atoms with E-state index in [1.165, 1.54) is 18.2 Å². The number of esters is 1. The summed E-state index contributed by atoms with van der Waals surface area (Å²) in [5.41, 5.74) is 0.120. The first-order valence-electron chi connectivity index (χ1n) is 9.65. The normalized spacial score (nSPS) is 12.8. The van der Waals surface area contributed by atoms with Gasteiger partial charge in [-0.05, 0) is 24.1 Å². The summed E-state index contributed by atoms with van der Waals surface area (Å²) in [6.07, 6.45) is 0.747. The molecule has 4 rings (SSSR count). The number of amides is 2. The highest BCUT2D eigenvalue weighted by Crippen LogP contribution is 2.30. The van der Waals surface area contributed by atoms with Crippen LogP contribution in [0, 0.1) is 10.1 Å². The maximum atomic E-state index is 12.6. The first-order valence-corrected chi connectivity index (χ1v) is 9.65.